The molecular formula is C25H38N4O7S. The summed E-state index contributed by atoms with van der Waals surface area (Å²) in [5.41, 5.74) is -0.0949. The Morgan fingerprint density at radius 1 is 1.14 bits per heavy atom. The molecule has 0 aromatic heterocycles. The maximum absolute atomic E-state index is 13.4. The minimum absolute atomic E-state index is 0.229. The number of benzene rings is 1. The van der Waals surface area contributed by atoms with Crippen molar-refractivity contribution in [2.24, 2.45) is 0 Å². The number of carbonyl (C=O) groups is 3. The van der Waals surface area contributed by atoms with Gasteiger partial charge in [0.2, 0.25) is 21.8 Å². The lowest BCUT2D eigenvalue weighted by Gasteiger charge is -2.29. The Hall–Kier alpha value is -2.70. The Balaban J connectivity index is 1.68. The minimum Gasteiger partial charge on any atom is -0.444 e. The van der Waals surface area contributed by atoms with Gasteiger partial charge in [0.25, 0.3) is 0 Å². The van der Waals surface area contributed by atoms with Crippen molar-refractivity contribution >= 4 is 27.9 Å². The lowest BCUT2D eigenvalue weighted by Crippen LogP contribution is -2.52. The van der Waals surface area contributed by atoms with Gasteiger partial charge in [0.05, 0.1) is 30.9 Å². The van der Waals surface area contributed by atoms with Gasteiger partial charge in [-0.1, -0.05) is 30.3 Å². The highest BCUT2D eigenvalue weighted by atomic mass is 32.2. The van der Waals surface area contributed by atoms with Crippen LogP contribution in [0.15, 0.2) is 30.3 Å². The summed E-state index contributed by atoms with van der Waals surface area (Å²) in [6, 6.07) is 6.56. The highest BCUT2D eigenvalue weighted by Gasteiger charge is 2.38. The van der Waals surface area contributed by atoms with E-state index in [0.29, 0.717) is 37.9 Å². The monoisotopic (exact) mass is 538 g/mol. The molecule has 0 aliphatic carbocycles. The second-order valence-electron chi connectivity index (χ2n) is 10.6. The summed E-state index contributed by atoms with van der Waals surface area (Å²) in [6.07, 6.45) is 0.892. The summed E-state index contributed by atoms with van der Waals surface area (Å²) in [4.78, 5) is 41.6. The lowest BCUT2D eigenvalue weighted by molar-refractivity contribution is -0.139. The standard InChI is InChI=1S/C25H38N4O7S/c1-25(2,3)36-24(33)26-19-11-13-28(15-19)22(31)14-21(23(32)29-12-7-10-20(29)16-30)27-37(34,35)17-18-8-5-4-6-9-18/h4-6,8-9,19-21,27,30H,7,10-17H2,1-3H3,(H,26,33)/t19-,20+,21-/m1/s1. The molecule has 2 aliphatic heterocycles. The number of likely N-dealkylation sites (tertiary alicyclic amines) is 2. The van der Waals surface area contributed by atoms with Crippen molar-refractivity contribution in [3.05, 3.63) is 35.9 Å². The van der Waals surface area contributed by atoms with Crippen molar-refractivity contribution < 1.29 is 32.6 Å². The van der Waals surface area contributed by atoms with Crippen molar-refractivity contribution in [1.82, 2.24) is 19.8 Å². The summed E-state index contributed by atoms with van der Waals surface area (Å²) in [5, 5.41) is 12.4. The second-order valence-corrected chi connectivity index (χ2v) is 12.4. The zero-order valence-corrected chi connectivity index (χ0v) is 22.5. The fourth-order valence-electron chi connectivity index (χ4n) is 4.63. The van der Waals surface area contributed by atoms with E-state index in [1.54, 1.807) is 51.1 Å². The van der Waals surface area contributed by atoms with Crippen LogP contribution in [-0.2, 0) is 30.1 Å². The predicted molar refractivity (Wildman–Crippen MR) is 137 cm³/mol. The number of nitrogens with one attached hydrogen (secondary N) is 2. The average molecular weight is 539 g/mol. The van der Waals surface area contributed by atoms with Crippen LogP contribution in [0.1, 0.15) is 52.0 Å². The molecule has 2 fully saturated rings. The SMILES string of the molecule is CC(C)(C)OC(=O)N[C@@H]1CCN(C(=O)C[C@@H](NS(=O)(=O)Cc2ccccc2)C(=O)N2CCC[C@H]2CO)C1. The van der Waals surface area contributed by atoms with Crippen molar-refractivity contribution in [3.8, 4) is 0 Å². The lowest BCUT2D eigenvalue weighted by atomic mass is 10.1. The van der Waals surface area contributed by atoms with Gasteiger partial charge in [-0.05, 0) is 45.6 Å². The molecule has 1 aromatic rings. The van der Waals surface area contributed by atoms with Crippen LogP contribution in [0, 0.1) is 0 Å². The summed E-state index contributed by atoms with van der Waals surface area (Å²) in [7, 11) is -3.95. The zero-order chi connectivity index (χ0) is 27.2. The Morgan fingerprint density at radius 3 is 2.49 bits per heavy atom. The first-order chi connectivity index (χ1) is 17.4. The van der Waals surface area contributed by atoms with Crippen LogP contribution in [0.4, 0.5) is 4.79 Å². The molecule has 3 atom stereocenters. The van der Waals surface area contributed by atoms with Crippen molar-refractivity contribution in [1.29, 1.82) is 0 Å². The van der Waals surface area contributed by atoms with E-state index in [4.69, 9.17) is 4.74 Å². The number of nitrogens with zero attached hydrogens (tertiary/aromatic N) is 2. The highest BCUT2D eigenvalue weighted by Crippen LogP contribution is 2.20. The number of amides is 3. The van der Waals surface area contributed by atoms with Crippen LogP contribution in [0.3, 0.4) is 0 Å². The molecule has 2 aliphatic rings. The molecule has 11 nitrogen and oxygen atoms in total. The van der Waals surface area contributed by atoms with Gasteiger partial charge in [-0.2, -0.15) is 0 Å². The fourth-order valence-corrected chi connectivity index (χ4v) is 5.96. The third kappa shape index (κ3) is 8.68. The number of hydrogen-bond acceptors (Lipinski definition) is 7. The molecular weight excluding hydrogens is 500 g/mol. The predicted octanol–water partition coefficient (Wildman–Crippen LogP) is 0.974. The van der Waals surface area contributed by atoms with Gasteiger partial charge < -0.3 is 25.0 Å². The summed E-state index contributed by atoms with van der Waals surface area (Å²) in [5.74, 6) is -1.25. The van der Waals surface area contributed by atoms with Crippen LogP contribution in [0.25, 0.3) is 0 Å². The summed E-state index contributed by atoms with van der Waals surface area (Å²) in [6.45, 7) is 6.03. The van der Waals surface area contributed by atoms with Gasteiger partial charge in [-0.25, -0.2) is 17.9 Å². The molecule has 0 bridgehead atoms. The number of sulfonamides is 1. The smallest absolute Gasteiger partial charge is 0.407 e. The van der Waals surface area contributed by atoms with E-state index >= 15 is 0 Å². The molecule has 12 heteroatoms. The summed E-state index contributed by atoms with van der Waals surface area (Å²) < 4.78 is 33.6. The maximum Gasteiger partial charge on any atom is 0.407 e. The molecule has 3 rings (SSSR count). The zero-order valence-electron chi connectivity index (χ0n) is 21.7. The molecule has 0 unspecified atom stereocenters. The summed E-state index contributed by atoms with van der Waals surface area (Å²) >= 11 is 0. The number of carbonyl (C=O) groups excluding carboxylic acids is 3. The van der Waals surface area contributed by atoms with Gasteiger partial charge in [0.15, 0.2) is 0 Å². The van der Waals surface area contributed by atoms with Gasteiger partial charge in [0, 0.05) is 19.6 Å². The molecule has 2 saturated heterocycles. The van der Waals surface area contributed by atoms with Crippen LogP contribution in [0.2, 0.25) is 0 Å². The normalized spacial score (nSPS) is 21.1. The van der Waals surface area contributed by atoms with E-state index in [0.717, 1.165) is 0 Å². The topological polar surface area (TPSA) is 145 Å². The second kappa shape index (κ2) is 12.2. The van der Waals surface area contributed by atoms with Crippen LogP contribution >= 0.6 is 0 Å². The Bertz CT molecular complexity index is 1060. The number of rotatable bonds is 9. The molecule has 1 aromatic carbocycles. The third-order valence-corrected chi connectivity index (χ3v) is 7.69. The minimum atomic E-state index is -3.95. The number of ether oxygens (including phenoxy) is 1. The number of alkyl carbamates (subject to hydrolysis) is 1. The van der Waals surface area contributed by atoms with E-state index < -0.39 is 45.6 Å². The first-order valence-electron chi connectivity index (χ1n) is 12.6. The molecule has 3 amide bonds. The quantitative estimate of drug-likeness (QED) is 0.425. The number of aliphatic hydroxyl groups is 1. The Labute approximate surface area is 218 Å². The Kier molecular flexibility index (Phi) is 9.54. The van der Waals surface area contributed by atoms with E-state index in [-0.39, 0.29) is 31.4 Å². The first kappa shape index (κ1) is 28.9. The molecule has 37 heavy (non-hydrogen) atoms. The van der Waals surface area contributed by atoms with E-state index in [1.165, 1.54) is 9.80 Å². The molecule has 0 spiro atoms. The van der Waals surface area contributed by atoms with Gasteiger partial charge >= 0.3 is 6.09 Å². The van der Waals surface area contributed by atoms with Gasteiger partial charge in [0.1, 0.15) is 11.6 Å². The van der Waals surface area contributed by atoms with Crippen LogP contribution < -0.4 is 10.0 Å². The highest BCUT2D eigenvalue weighted by molar-refractivity contribution is 7.88. The number of hydrogen-bond donors (Lipinski definition) is 3. The third-order valence-electron chi connectivity index (χ3n) is 6.33. The molecule has 2 heterocycles. The molecule has 0 radical (unpaired) electrons. The van der Waals surface area contributed by atoms with Crippen LogP contribution in [-0.4, -0.2) is 91.2 Å². The average Bonchev–Trinajstić information content (AvgIpc) is 3.46. The van der Waals surface area contributed by atoms with Crippen LogP contribution in [0.5, 0.6) is 0 Å². The molecule has 0 saturated carbocycles. The molecule has 3 N–H and O–H groups in total. The van der Waals surface area contributed by atoms with Crippen molar-refractivity contribution in [3.63, 3.8) is 0 Å². The largest absolute Gasteiger partial charge is 0.444 e. The van der Waals surface area contributed by atoms with Crippen molar-refractivity contribution in [2.75, 3.05) is 26.2 Å². The van der Waals surface area contributed by atoms with Gasteiger partial charge in [-0.3, -0.25) is 9.59 Å². The fraction of sp³-hybridized carbons (Fsp3) is 0.640. The first-order valence-corrected chi connectivity index (χ1v) is 14.2. The molecule has 206 valence electrons. The van der Waals surface area contributed by atoms with E-state index in [1.807, 2.05) is 0 Å². The Morgan fingerprint density at radius 2 is 1.84 bits per heavy atom. The number of aliphatic hydroxyl groups excluding tert-OH is 1. The van der Waals surface area contributed by atoms with E-state index in [2.05, 4.69) is 10.0 Å². The van der Waals surface area contributed by atoms with Crippen molar-refractivity contribution in [2.45, 2.75) is 75.9 Å². The maximum atomic E-state index is 13.4. The van der Waals surface area contributed by atoms with Gasteiger partial charge in [-0.15, -0.1) is 0 Å². The van der Waals surface area contributed by atoms with E-state index in [9.17, 15) is 27.9 Å².